The van der Waals surface area contributed by atoms with Crippen LogP contribution in [-0.2, 0) is 4.79 Å². The molecule has 0 radical (unpaired) electrons. The van der Waals surface area contributed by atoms with Gasteiger partial charge in [0, 0.05) is 19.0 Å². The van der Waals surface area contributed by atoms with E-state index in [0.717, 1.165) is 38.6 Å². The van der Waals surface area contributed by atoms with E-state index in [1.807, 2.05) is 11.9 Å². The fourth-order valence-electron chi connectivity index (χ4n) is 2.81. The van der Waals surface area contributed by atoms with Crippen molar-refractivity contribution in [3.8, 4) is 0 Å². The van der Waals surface area contributed by atoms with E-state index < -0.39 is 0 Å². The molecule has 1 amide bonds. The molecule has 0 saturated carbocycles. The highest BCUT2D eigenvalue weighted by atomic mass is 16.2. The molecule has 82 valence electrons. The highest BCUT2D eigenvalue weighted by Crippen LogP contribution is 2.39. The first-order chi connectivity index (χ1) is 6.66. The van der Waals surface area contributed by atoms with E-state index >= 15 is 0 Å². The highest BCUT2D eigenvalue weighted by molar-refractivity contribution is 5.83. The third kappa shape index (κ3) is 2.10. The topological polar surface area (TPSA) is 20.3 Å². The summed E-state index contributed by atoms with van der Waals surface area (Å²) in [4.78, 5) is 14.1. The summed E-state index contributed by atoms with van der Waals surface area (Å²) < 4.78 is 0. The summed E-state index contributed by atoms with van der Waals surface area (Å²) in [5.41, 5.74) is -0.00347. The molecule has 0 atom stereocenters. The van der Waals surface area contributed by atoms with Crippen LogP contribution in [0.15, 0.2) is 0 Å². The molecule has 1 rings (SSSR count). The molecule has 0 unspecified atom stereocenters. The molecule has 0 bridgehead atoms. The number of rotatable bonds is 4. The van der Waals surface area contributed by atoms with Crippen molar-refractivity contribution >= 4 is 5.91 Å². The summed E-state index contributed by atoms with van der Waals surface area (Å²) in [6.07, 6.45) is 6.69. The van der Waals surface area contributed by atoms with Crippen molar-refractivity contribution in [3.63, 3.8) is 0 Å². The second-order valence-electron chi connectivity index (χ2n) is 4.61. The van der Waals surface area contributed by atoms with Crippen LogP contribution in [0.2, 0.25) is 0 Å². The van der Waals surface area contributed by atoms with Gasteiger partial charge in [-0.2, -0.15) is 0 Å². The molecule has 14 heavy (non-hydrogen) atoms. The Morgan fingerprint density at radius 2 is 1.86 bits per heavy atom. The van der Waals surface area contributed by atoms with Crippen LogP contribution in [0.5, 0.6) is 0 Å². The molecule has 0 aromatic carbocycles. The first-order valence-electron chi connectivity index (χ1n) is 5.92. The number of hydrogen-bond acceptors (Lipinski definition) is 1. The molecular formula is C12H23NO. The fraction of sp³-hybridized carbons (Fsp3) is 0.917. The van der Waals surface area contributed by atoms with Crippen LogP contribution in [0, 0.1) is 5.41 Å². The largest absolute Gasteiger partial charge is 0.345 e. The Labute approximate surface area is 87.7 Å². The number of carbonyl (C=O) groups is 1. The maximum atomic E-state index is 12.2. The average molecular weight is 197 g/mol. The lowest BCUT2D eigenvalue weighted by Gasteiger charge is -2.40. The van der Waals surface area contributed by atoms with E-state index in [4.69, 9.17) is 0 Å². The van der Waals surface area contributed by atoms with Crippen molar-refractivity contribution in [2.24, 2.45) is 5.41 Å². The van der Waals surface area contributed by atoms with Crippen LogP contribution in [0.1, 0.15) is 52.4 Å². The lowest BCUT2D eigenvalue weighted by molar-refractivity contribution is -0.146. The number of piperidine rings is 1. The van der Waals surface area contributed by atoms with E-state index in [0.29, 0.717) is 5.91 Å². The second-order valence-corrected chi connectivity index (χ2v) is 4.61. The van der Waals surface area contributed by atoms with Crippen LogP contribution in [-0.4, -0.2) is 24.4 Å². The van der Waals surface area contributed by atoms with Crippen LogP contribution in [0.3, 0.4) is 0 Å². The van der Waals surface area contributed by atoms with Crippen LogP contribution < -0.4 is 0 Å². The Balaban J connectivity index is 2.77. The van der Waals surface area contributed by atoms with Gasteiger partial charge in [0.15, 0.2) is 0 Å². The van der Waals surface area contributed by atoms with Crippen LogP contribution in [0.25, 0.3) is 0 Å². The third-order valence-corrected chi connectivity index (χ3v) is 3.41. The van der Waals surface area contributed by atoms with Gasteiger partial charge in [-0.25, -0.2) is 0 Å². The normalized spacial score (nSPS) is 21.4. The Bertz CT molecular complexity index is 189. The van der Waals surface area contributed by atoms with Crippen LogP contribution >= 0.6 is 0 Å². The summed E-state index contributed by atoms with van der Waals surface area (Å²) in [5, 5.41) is 0. The fourth-order valence-corrected chi connectivity index (χ4v) is 2.81. The van der Waals surface area contributed by atoms with Crippen molar-refractivity contribution in [2.75, 3.05) is 13.6 Å². The van der Waals surface area contributed by atoms with E-state index in [1.54, 1.807) is 0 Å². The van der Waals surface area contributed by atoms with E-state index in [-0.39, 0.29) is 5.41 Å². The predicted octanol–water partition coefficient (Wildman–Crippen LogP) is 2.83. The molecule has 1 aliphatic heterocycles. The summed E-state index contributed by atoms with van der Waals surface area (Å²) in [7, 11) is 1.95. The standard InChI is InChI=1S/C12H23NO/c1-4-7-12(8-5-2)9-6-10-13(3)11(12)14/h4-10H2,1-3H3. The molecule has 0 aromatic heterocycles. The SMILES string of the molecule is CCCC1(CCC)CCCN(C)C1=O. The zero-order valence-electron chi connectivity index (χ0n) is 9.81. The van der Waals surface area contributed by atoms with Crippen molar-refractivity contribution in [3.05, 3.63) is 0 Å². The minimum Gasteiger partial charge on any atom is -0.345 e. The first-order valence-corrected chi connectivity index (χ1v) is 5.92. The minimum absolute atomic E-state index is 0.00347. The third-order valence-electron chi connectivity index (χ3n) is 3.41. The van der Waals surface area contributed by atoms with Gasteiger partial charge in [0.2, 0.25) is 5.91 Å². The van der Waals surface area contributed by atoms with Crippen molar-refractivity contribution in [1.82, 2.24) is 4.90 Å². The van der Waals surface area contributed by atoms with Gasteiger partial charge in [0.1, 0.15) is 0 Å². The average Bonchev–Trinajstić information content (AvgIpc) is 2.15. The van der Waals surface area contributed by atoms with Crippen molar-refractivity contribution in [2.45, 2.75) is 52.4 Å². The van der Waals surface area contributed by atoms with Gasteiger partial charge in [-0.15, -0.1) is 0 Å². The lowest BCUT2D eigenvalue weighted by Crippen LogP contribution is -2.46. The molecule has 0 aliphatic carbocycles. The Kier molecular flexibility index (Phi) is 3.97. The summed E-state index contributed by atoms with van der Waals surface area (Å²) >= 11 is 0. The maximum Gasteiger partial charge on any atom is 0.228 e. The van der Waals surface area contributed by atoms with Gasteiger partial charge in [-0.3, -0.25) is 4.79 Å². The van der Waals surface area contributed by atoms with Gasteiger partial charge in [-0.1, -0.05) is 26.7 Å². The highest BCUT2D eigenvalue weighted by Gasteiger charge is 2.40. The molecule has 2 nitrogen and oxygen atoms in total. The van der Waals surface area contributed by atoms with Crippen LogP contribution in [0.4, 0.5) is 0 Å². The summed E-state index contributed by atoms with van der Waals surface area (Å²) in [6, 6.07) is 0. The Morgan fingerprint density at radius 3 is 2.36 bits per heavy atom. The molecule has 1 saturated heterocycles. The Hall–Kier alpha value is -0.530. The van der Waals surface area contributed by atoms with Gasteiger partial charge < -0.3 is 4.90 Å². The van der Waals surface area contributed by atoms with Gasteiger partial charge >= 0.3 is 0 Å². The molecule has 0 aromatic rings. The predicted molar refractivity (Wildman–Crippen MR) is 59.1 cm³/mol. The zero-order chi connectivity index (χ0) is 10.6. The Morgan fingerprint density at radius 1 is 1.29 bits per heavy atom. The molecule has 1 fully saturated rings. The number of nitrogens with zero attached hydrogens (tertiary/aromatic N) is 1. The molecular weight excluding hydrogens is 174 g/mol. The smallest absolute Gasteiger partial charge is 0.228 e. The number of hydrogen-bond donors (Lipinski definition) is 0. The van der Waals surface area contributed by atoms with Crippen molar-refractivity contribution in [1.29, 1.82) is 0 Å². The number of carbonyl (C=O) groups excluding carboxylic acids is 1. The first kappa shape index (κ1) is 11.5. The molecule has 1 heterocycles. The summed E-state index contributed by atoms with van der Waals surface area (Å²) in [5.74, 6) is 0.396. The minimum atomic E-state index is -0.00347. The zero-order valence-corrected chi connectivity index (χ0v) is 9.81. The van der Waals surface area contributed by atoms with E-state index in [2.05, 4.69) is 13.8 Å². The monoisotopic (exact) mass is 197 g/mol. The summed E-state index contributed by atoms with van der Waals surface area (Å²) in [6.45, 7) is 5.31. The van der Waals surface area contributed by atoms with Gasteiger partial charge in [-0.05, 0) is 25.7 Å². The molecule has 2 heteroatoms. The van der Waals surface area contributed by atoms with Gasteiger partial charge in [0.25, 0.3) is 0 Å². The van der Waals surface area contributed by atoms with Gasteiger partial charge in [0.05, 0.1) is 0 Å². The van der Waals surface area contributed by atoms with E-state index in [1.165, 1.54) is 6.42 Å². The molecule has 1 aliphatic rings. The molecule has 0 spiro atoms. The van der Waals surface area contributed by atoms with Crippen molar-refractivity contribution < 1.29 is 4.79 Å². The molecule has 0 N–H and O–H groups in total. The van der Waals surface area contributed by atoms with E-state index in [9.17, 15) is 4.79 Å². The maximum absolute atomic E-state index is 12.2. The second kappa shape index (κ2) is 4.81. The quantitative estimate of drug-likeness (QED) is 0.678. The number of amides is 1. The number of likely N-dealkylation sites (tertiary alicyclic amines) is 1. The lowest BCUT2D eigenvalue weighted by atomic mass is 9.72.